The fourth-order valence-electron chi connectivity index (χ4n) is 2.76. The molecule has 6 nitrogen and oxygen atoms in total. The summed E-state index contributed by atoms with van der Waals surface area (Å²) < 4.78 is 10.8. The number of benzene rings is 2. The van der Waals surface area contributed by atoms with Crippen LogP contribution in [-0.4, -0.2) is 40.8 Å². The number of oxazole rings is 1. The molecule has 2 amide bonds. The van der Waals surface area contributed by atoms with Gasteiger partial charge in [0.2, 0.25) is 5.91 Å². The summed E-state index contributed by atoms with van der Waals surface area (Å²) in [7, 11) is 0. The van der Waals surface area contributed by atoms with Gasteiger partial charge in [-0.05, 0) is 0 Å². The van der Waals surface area contributed by atoms with Crippen molar-refractivity contribution in [2.45, 2.75) is 5.22 Å². The highest BCUT2D eigenvalue weighted by atomic mass is 32.2. The minimum Gasteiger partial charge on any atom is -0.447 e. The first kappa shape index (κ1) is 17.4. The van der Waals surface area contributed by atoms with Crippen LogP contribution in [0.1, 0.15) is 0 Å². The van der Waals surface area contributed by atoms with Gasteiger partial charge in [0.05, 0.1) is 12.3 Å². The van der Waals surface area contributed by atoms with E-state index in [4.69, 9.17) is 9.15 Å². The van der Waals surface area contributed by atoms with Gasteiger partial charge in [-0.2, -0.15) is 0 Å². The molecule has 136 valence electrons. The first-order valence-electron chi connectivity index (χ1n) is 8.44. The zero-order valence-electron chi connectivity index (χ0n) is 14.3. The second-order valence-electron chi connectivity index (χ2n) is 5.84. The van der Waals surface area contributed by atoms with E-state index in [0.717, 1.165) is 33.5 Å². The van der Waals surface area contributed by atoms with Gasteiger partial charge >= 0.3 is 6.09 Å². The fraction of sp³-hybridized carbons (Fsp3) is 0.150. The largest absolute Gasteiger partial charge is 0.447 e. The highest BCUT2D eigenvalue weighted by molar-refractivity contribution is 7.99. The molecule has 2 aromatic carbocycles. The van der Waals surface area contributed by atoms with Gasteiger partial charge in [0.1, 0.15) is 12.3 Å². The number of aromatic nitrogens is 1. The Hall–Kier alpha value is -3.06. The molecule has 27 heavy (non-hydrogen) atoms. The maximum atomic E-state index is 12.2. The van der Waals surface area contributed by atoms with Gasteiger partial charge in [0, 0.05) is 11.1 Å². The summed E-state index contributed by atoms with van der Waals surface area (Å²) in [5.74, 6) is 0.387. The van der Waals surface area contributed by atoms with Gasteiger partial charge < -0.3 is 9.15 Å². The molecular formula is C20H16N2O4S. The molecule has 3 aromatic rings. The van der Waals surface area contributed by atoms with E-state index in [1.165, 1.54) is 0 Å². The van der Waals surface area contributed by atoms with Crippen LogP contribution in [0.15, 0.2) is 70.3 Å². The van der Waals surface area contributed by atoms with Gasteiger partial charge in [-0.1, -0.05) is 72.4 Å². The average molecular weight is 380 g/mol. The van der Waals surface area contributed by atoms with Crippen LogP contribution in [0.4, 0.5) is 4.79 Å². The van der Waals surface area contributed by atoms with Crippen LogP contribution in [-0.2, 0) is 9.53 Å². The molecule has 0 bridgehead atoms. The van der Waals surface area contributed by atoms with E-state index in [-0.39, 0.29) is 24.8 Å². The lowest BCUT2D eigenvalue weighted by Crippen LogP contribution is -2.32. The third kappa shape index (κ3) is 3.73. The van der Waals surface area contributed by atoms with Crippen molar-refractivity contribution in [1.29, 1.82) is 0 Å². The highest BCUT2D eigenvalue weighted by Gasteiger charge is 2.28. The number of amides is 2. The number of hydrogen-bond donors (Lipinski definition) is 0. The second kappa shape index (κ2) is 7.67. The van der Waals surface area contributed by atoms with E-state index in [1.807, 2.05) is 60.7 Å². The lowest BCUT2D eigenvalue weighted by molar-refractivity contribution is -0.125. The van der Waals surface area contributed by atoms with E-state index >= 15 is 0 Å². The van der Waals surface area contributed by atoms with Crippen molar-refractivity contribution in [2.75, 3.05) is 18.9 Å². The van der Waals surface area contributed by atoms with Crippen molar-refractivity contribution in [3.63, 3.8) is 0 Å². The lowest BCUT2D eigenvalue weighted by Gasteiger charge is -2.08. The van der Waals surface area contributed by atoms with Crippen molar-refractivity contribution in [2.24, 2.45) is 0 Å². The van der Waals surface area contributed by atoms with Crippen LogP contribution in [0.2, 0.25) is 0 Å². The molecule has 1 aliphatic heterocycles. The molecule has 0 saturated carbocycles. The molecule has 2 heterocycles. The molecule has 1 fully saturated rings. The van der Waals surface area contributed by atoms with Gasteiger partial charge in [-0.3, -0.25) is 4.79 Å². The minimum atomic E-state index is -0.594. The predicted molar refractivity (Wildman–Crippen MR) is 101 cm³/mol. The van der Waals surface area contributed by atoms with Crippen LogP contribution < -0.4 is 0 Å². The van der Waals surface area contributed by atoms with Crippen molar-refractivity contribution < 1.29 is 18.7 Å². The molecule has 0 spiro atoms. The molecule has 7 heteroatoms. The number of cyclic esters (lactones) is 1. The van der Waals surface area contributed by atoms with Crippen LogP contribution in [0.5, 0.6) is 0 Å². The molecule has 1 aromatic heterocycles. The average Bonchev–Trinajstić information content (AvgIpc) is 3.34. The Balaban J connectivity index is 1.60. The quantitative estimate of drug-likeness (QED) is 0.621. The van der Waals surface area contributed by atoms with Gasteiger partial charge in [-0.15, -0.1) is 0 Å². The van der Waals surface area contributed by atoms with Crippen LogP contribution in [0.3, 0.4) is 0 Å². The molecule has 0 atom stereocenters. The van der Waals surface area contributed by atoms with Gasteiger partial charge in [0.25, 0.3) is 5.22 Å². The number of carbonyl (C=O) groups excluding carboxylic acids is 2. The number of carbonyl (C=O) groups is 2. The smallest absolute Gasteiger partial charge is 0.416 e. The standard InChI is InChI=1S/C20H16N2O4S/c23-16(22-11-12-25-20(22)24)13-27-19-21-17(14-7-3-1-4-8-14)18(26-19)15-9-5-2-6-10-15/h1-10H,11-13H2. The zero-order valence-corrected chi connectivity index (χ0v) is 15.1. The van der Waals surface area contributed by atoms with Crippen molar-refractivity contribution in [1.82, 2.24) is 9.88 Å². The SMILES string of the molecule is O=C(CSc1nc(-c2ccccc2)c(-c2ccccc2)o1)N1CCOC1=O. The summed E-state index contributed by atoms with van der Waals surface area (Å²) in [5, 5.41) is 0.383. The second-order valence-corrected chi connectivity index (χ2v) is 6.76. The summed E-state index contributed by atoms with van der Waals surface area (Å²) in [6.45, 7) is 0.527. The monoisotopic (exact) mass is 380 g/mol. The normalized spacial score (nSPS) is 13.6. The van der Waals surface area contributed by atoms with E-state index in [0.29, 0.717) is 11.0 Å². The molecular weight excluding hydrogens is 364 g/mol. The molecule has 4 rings (SSSR count). The molecule has 0 radical (unpaired) electrons. The topological polar surface area (TPSA) is 72.6 Å². The predicted octanol–water partition coefficient (Wildman–Crippen LogP) is 4.08. The third-order valence-electron chi connectivity index (χ3n) is 4.07. The van der Waals surface area contributed by atoms with Gasteiger partial charge in [-0.25, -0.2) is 14.7 Å². The molecule has 1 aliphatic rings. The van der Waals surface area contributed by atoms with Crippen LogP contribution in [0, 0.1) is 0 Å². The van der Waals surface area contributed by atoms with Gasteiger partial charge in [0.15, 0.2) is 5.76 Å². The van der Waals surface area contributed by atoms with E-state index < -0.39 is 6.09 Å². The number of nitrogens with zero attached hydrogens (tertiary/aromatic N) is 2. The highest BCUT2D eigenvalue weighted by Crippen LogP contribution is 2.35. The Bertz CT molecular complexity index is 900. The first-order valence-corrected chi connectivity index (χ1v) is 9.42. The molecule has 0 unspecified atom stereocenters. The van der Waals surface area contributed by atoms with Crippen molar-refractivity contribution in [3.8, 4) is 22.6 Å². The number of ether oxygens (including phenoxy) is 1. The van der Waals surface area contributed by atoms with Crippen molar-refractivity contribution >= 4 is 23.8 Å². The van der Waals surface area contributed by atoms with Crippen LogP contribution >= 0.6 is 11.8 Å². The van der Waals surface area contributed by atoms with Crippen LogP contribution in [0.25, 0.3) is 22.6 Å². The minimum absolute atomic E-state index is 0.0536. The Morgan fingerprint density at radius 3 is 2.33 bits per heavy atom. The molecule has 0 aliphatic carbocycles. The third-order valence-corrected chi connectivity index (χ3v) is 4.88. The molecule has 1 saturated heterocycles. The summed E-state index contributed by atoms with van der Waals surface area (Å²) in [6.07, 6.45) is -0.594. The summed E-state index contributed by atoms with van der Waals surface area (Å²) in [4.78, 5) is 29.4. The van der Waals surface area contributed by atoms with E-state index in [1.54, 1.807) is 0 Å². The zero-order chi connectivity index (χ0) is 18.6. The Morgan fingerprint density at radius 2 is 1.70 bits per heavy atom. The fourth-order valence-corrected chi connectivity index (χ4v) is 3.46. The maximum Gasteiger partial charge on any atom is 0.416 e. The summed E-state index contributed by atoms with van der Waals surface area (Å²) in [5.41, 5.74) is 2.56. The first-order chi connectivity index (χ1) is 13.2. The number of thioether (sulfide) groups is 1. The van der Waals surface area contributed by atoms with E-state index in [2.05, 4.69) is 4.98 Å². The number of hydrogen-bond acceptors (Lipinski definition) is 6. The molecule has 0 N–H and O–H groups in total. The Morgan fingerprint density at radius 1 is 1.04 bits per heavy atom. The number of imide groups is 1. The lowest BCUT2D eigenvalue weighted by atomic mass is 10.1. The number of rotatable bonds is 5. The Kier molecular flexibility index (Phi) is 4.93. The summed E-state index contributed by atoms with van der Waals surface area (Å²) >= 11 is 1.16. The van der Waals surface area contributed by atoms with Crippen molar-refractivity contribution in [3.05, 3.63) is 60.7 Å². The Labute approximate surface area is 160 Å². The van der Waals surface area contributed by atoms with E-state index in [9.17, 15) is 9.59 Å². The summed E-state index contributed by atoms with van der Waals surface area (Å²) in [6, 6.07) is 19.4. The maximum absolute atomic E-state index is 12.2.